The highest BCUT2D eigenvalue weighted by atomic mass is 80.0. The van der Waals surface area contributed by atoms with E-state index in [1.807, 2.05) is 0 Å². The van der Waals surface area contributed by atoms with Crippen LogP contribution >= 0.6 is 48.4 Å². The monoisotopic (exact) mass is 476 g/mol. The van der Waals surface area contributed by atoms with Crippen LogP contribution in [0.4, 0.5) is 0 Å². The van der Waals surface area contributed by atoms with Gasteiger partial charge in [0.1, 0.15) is 6.54 Å². The van der Waals surface area contributed by atoms with Gasteiger partial charge in [-0.2, -0.15) is 0 Å². The number of unbranched alkanes of at least 4 members (excludes halogenated alkanes) is 13. The van der Waals surface area contributed by atoms with Gasteiger partial charge in [0.2, 0.25) is 0 Å². The van der Waals surface area contributed by atoms with E-state index in [-0.39, 0.29) is 0 Å². The number of rotatable bonds is 15. The molecule has 0 radical (unpaired) electrons. The van der Waals surface area contributed by atoms with E-state index in [4.69, 9.17) is 0 Å². The summed E-state index contributed by atoms with van der Waals surface area (Å²) in [4.78, 5) is 0. The quantitative estimate of drug-likeness (QED) is 0.164. The van der Waals surface area contributed by atoms with Gasteiger partial charge in [0, 0.05) is 0 Å². The highest BCUT2D eigenvalue weighted by molar-refractivity contribution is 9.27. The molecule has 0 aromatic heterocycles. The second-order valence-corrected chi connectivity index (χ2v) is 12.4. The standard InChI is InChI=1S/C16H33Br3N/c1-2-3-4-5-6-7-8-9-10-11-12-13-14-15-16-20(17,18)19/h2-16H2,1H3/q+1. The minimum Gasteiger partial charge on any atom is -0.123 e. The van der Waals surface area contributed by atoms with Crippen LogP contribution < -0.4 is 0 Å². The Morgan fingerprint density at radius 3 is 1.10 bits per heavy atom. The average Bonchev–Trinajstić information content (AvgIpc) is 2.38. The maximum atomic E-state index is 3.49. The average molecular weight is 479 g/mol. The Labute approximate surface area is 152 Å². The van der Waals surface area contributed by atoms with Crippen molar-refractivity contribution in [1.82, 2.24) is 0 Å². The SMILES string of the molecule is CCCCCCCCCCCCCCCC[N+](Br)(Br)Br. The second-order valence-electron chi connectivity index (χ2n) is 5.87. The number of nitrogens with zero attached hydrogens (tertiary/aromatic N) is 1. The summed E-state index contributed by atoms with van der Waals surface area (Å²) < 4.78 is 0.561. The van der Waals surface area contributed by atoms with Crippen molar-refractivity contribution in [2.75, 3.05) is 6.54 Å². The first-order valence-corrected chi connectivity index (χ1v) is 10.7. The maximum Gasteiger partial charge on any atom is 0.252 e. The zero-order valence-corrected chi connectivity index (χ0v) is 17.9. The van der Waals surface area contributed by atoms with Crippen molar-refractivity contribution >= 4 is 48.4 Å². The van der Waals surface area contributed by atoms with Crippen LogP contribution in [0.2, 0.25) is 0 Å². The van der Waals surface area contributed by atoms with E-state index in [0.29, 0.717) is 1.56 Å². The summed E-state index contributed by atoms with van der Waals surface area (Å²) in [6, 6.07) is 0. The van der Waals surface area contributed by atoms with Gasteiger partial charge in [0.15, 0.2) is 0 Å². The Hall–Kier alpha value is 1.40. The van der Waals surface area contributed by atoms with Gasteiger partial charge in [-0.05, 0) is 12.8 Å². The topological polar surface area (TPSA) is 0 Å². The van der Waals surface area contributed by atoms with Crippen LogP contribution in [-0.2, 0) is 0 Å². The van der Waals surface area contributed by atoms with Crippen molar-refractivity contribution < 1.29 is 1.56 Å². The lowest BCUT2D eigenvalue weighted by Gasteiger charge is -2.10. The van der Waals surface area contributed by atoms with Gasteiger partial charge < -0.3 is 0 Å². The highest BCUT2D eigenvalue weighted by Crippen LogP contribution is 2.30. The molecule has 0 amide bonds. The largest absolute Gasteiger partial charge is 0.252 e. The third-order valence-electron chi connectivity index (χ3n) is 3.77. The molecule has 20 heavy (non-hydrogen) atoms. The molecule has 0 unspecified atom stereocenters. The third kappa shape index (κ3) is 19.4. The molecule has 122 valence electrons. The minimum absolute atomic E-state index is 0.561. The van der Waals surface area contributed by atoms with Gasteiger partial charge in [-0.3, -0.25) is 0 Å². The van der Waals surface area contributed by atoms with Gasteiger partial charge in [-0.15, -0.1) is 1.56 Å². The number of halogens is 3. The Bertz CT molecular complexity index is 193. The van der Waals surface area contributed by atoms with Gasteiger partial charge >= 0.3 is 0 Å². The number of hydrogen-bond donors (Lipinski definition) is 0. The van der Waals surface area contributed by atoms with Crippen LogP contribution in [-0.4, -0.2) is 8.11 Å². The van der Waals surface area contributed by atoms with E-state index in [1.54, 1.807) is 0 Å². The molecule has 0 aromatic carbocycles. The van der Waals surface area contributed by atoms with E-state index in [1.165, 1.54) is 89.9 Å². The van der Waals surface area contributed by atoms with Gasteiger partial charge in [0.25, 0.3) is 48.4 Å². The molecule has 1 nitrogen and oxygen atoms in total. The molecular weight excluding hydrogens is 446 g/mol. The fourth-order valence-corrected chi connectivity index (χ4v) is 3.24. The first-order valence-electron chi connectivity index (χ1n) is 8.53. The summed E-state index contributed by atoms with van der Waals surface area (Å²) in [6.45, 7) is 3.37. The second kappa shape index (κ2) is 15.3. The molecule has 0 saturated carbocycles. The summed E-state index contributed by atoms with van der Waals surface area (Å²) in [6.07, 6.45) is 19.9. The lowest BCUT2D eigenvalue weighted by atomic mass is 10.0. The predicted molar refractivity (Wildman–Crippen MR) is 102 cm³/mol. The van der Waals surface area contributed by atoms with Crippen LogP contribution in [0.3, 0.4) is 0 Å². The first kappa shape index (κ1) is 21.4. The van der Waals surface area contributed by atoms with Crippen LogP contribution in [0.25, 0.3) is 0 Å². The van der Waals surface area contributed by atoms with Crippen molar-refractivity contribution in [3.8, 4) is 0 Å². The summed E-state index contributed by atoms with van der Waals surface area (Å²) in [7, 11) is 0. The van der Waals surface area contributed by atoms with Gasteiger partial charge in [0.05, 0.1) is 0 Å². The Balaban J connectivity index is 2.99. The molecule has 0 N–H and O–H groups in total. The molecule has 0 spiro atoms. The van der Waals surface area contributed by atoms with Crippen molar-refractivity contribution in [3.05, 3.63) is 0 Å². The molecule has 0 bridgehead atoms. The van der Waals surface area contributed by atoms with Crippen LogP contribution in [0, 0.1) is 0 Å². The smallest absolute Gasteiger partial charge is 0.123 e. The van der Waals surface area contributed by atoms with E-state index in [0.717, 1.165) is 6.54 Å². The van der Waals surface area contributed by atoms with Crippen LogP contribution in [0.1, 0.15) is 96.8 Å². The molecule has 0 rings (SSSR count). The van der Waals surface area contributed by atoms with Crippen molar-refractivity contribution in [2.24, 2.45) is 0 Å². The number of quaternary nitrogens is 1. The Morgan fingerprint density at radius 1 is 0.500 bits per heavy atom. The molecule has 0 aliphatic carbocycles. The van der Waals surface area contributed by atoms with Crippen molar-refractivity contribution in [2.45, 2.75) is 96.8 Å². The fourth-order valence-electron chi connectivity index (χ4n) is 2.49. The zero-order valence-electron chi connectivity index (χ0n) is 13.2. The Morgan fingerprint density at radius 2 is 0.800 bits per heavy atom. The summed E-state index contributed by atoms with van der Waals surface area (Å²) in [5.41, 5.74) is 0. The van der Waals surface area contributed by atoms with Crippen molar-refractivity contribution in [3.63, 3.8) is 0 Å². The van der Waals surface area contributed by atoms with Crippen molar-refractivity contribution in [1.29, 1.82) is 0 Å². The number of hydrogen-bond acceptors (Lipinski definition) is 0. The molecule has 4 heteroatoms. The van der Waals surface area contributed by atoms with Gasteiger partial charge in [-0.25, -0.2) is 0 Å². The molecule has 0 aliphatic heterocycles. The molecule has 0 saturated heterocycles. The molecular formula is C16H33Br3N+. The lowest BCUT2D eigenvalue weighted by molar-refractivity contribution is -0.420. The molecule has 0 fully saturated rings. The Kier molecular flexibility index (Phi) is 16.4. The lowest BCUT2D eigenvalue weighted by Crippen LogP contribution is -2.12. The van der Waals surface area contributed by atoms with E-state index >= 15 is 0 Å². The summed E-state index contributed by atoms with van der Waals surface area (Å²) >= 11 is 10.5. The minimum atomic E-state index is 0.561. The first-order chi connectivity index (χ1) is 9.56. The highest BCUT2D eigenvalue weighted by Gasteiger charge is 2.17. The maximum absolute atomic E-state index is 3.49. The summed E-state index contributed by atoms with van der Waals surface area (Å²) in [5.74, 6) is 0. The van der Waals surface area contributed by atoms with E-state index in [9.17, 15) is 0 Å². The zero-order chi connectivity index (χ0) is 15.1. The third-order valence-corrected chi connectivity index (χ3v) is 4.83. The normalized spacial score (nSPS) is 12.0. The van der Waals surface area contributed by atoms with Crippen LogP contribution in [0.5, 0.6) is 0 Å². The molecule has 0 atom stereocenters. The molecule has 0 aromatic rings. The van der Waals surface area contributed by atoms with Crippen LogP contribution in [0.15, 0.2) is 0 Å². The molecule has 0 aliphatic rings. The van der Waals surface area contributed by atoms with Gasteiger partial charge in [-0.1, -0.05) is 84.0 Å². The van der Waals surface area contributed by atoms with E-state index in [2.05, 4.69) is 55.4 Å². The van der Waals surface area contributed by atoms with E-state index < -0.39 is 0 Å². The summed E-state index contributed by atoms with van der Waals surface area (Å²) in [5, 5.41) is 0. The fraction of sp³-hybridized carbons (Fsp3) is 1.00. The molecule has 0 heterocycles. The predicted octanol–water partition coefficient (Wildman–Crippen LogP) is 8.21.